The molecule has 0 saturated carbocycles. The smallest absolute Gasteiger partial charge is 0.266 e. The molecule has 2 heterocycles. The van der Waals surface area contributed by atoms with E-state index in [0.29, 0.717) is 5.13 Å². The molecule has 29 heavy (non-hydrogen) atoms. The number of nitrogens with zero attached hydrogens (tertiary/aromatic N) is 3. The van der Waals surface area contributed by atoms with Gasteiger partial charge in [0.05, 0.1) is 4.90 Å². The van der Waals surface area contributed by atoms with Crippen LogP contribution in [-0.4, -0.2) is 41.3 Å². The van der Waals surface area contributed by atoms with Crippen LogP contribution in [0.15, 0.2) is 65.0 Å². The average Bonchev–Trinajstić information content (AvgIpc) is 3.38. The van der Waals surface area contributed by atoms with Gasteiger partial charge in [-0.25, -0.2) is 12.7 Å². The fourth-order valence-corrected chi connectivity index (χ4v) is 5.12. The number of nitrogens with one attached hydrogen (secondary N) is 1. The maximum Gasteiger partial charge on any atom is 0.266 e. The number of sulfonamides is 1. The molecule has 0 unspecified atom stereocenters. The van der Waals surface area contributed by atoms with E-state index in [1.807, 2.05) is 30.3 Å². The molecule has 10 heteroatoms. The molecule has 2 aromatic carbocycles. The lowest BCUT2D eigenvalue weighted by Gasteiger charge is -2.17. The highest BCUT2D eigenvalue weighted by atomic mass is 32.2. The van der Waals surface area contributed by atoms with Crippen molar-refractivity contribution in [2.75, 3.05) is 11.9 Å². The molecule has 148 valence electrons. The van der Waals surface area contributed by atoms with Crippen LogP contribution in [0.2, 0.25) is 0 Å². The van der Waals surface area contributed by atoms with Crippen molar-refractivity contribution in [3.8, 4) is 0 Å². The first-order chi connectivity index (χ1) is 13.9. The van der Waals surface area contributed by atoms with Crippen molar-refractivity contribution in [1.29, 1.82) is 0 Å². The second kappa shape index (κ2) is 7.72. The Bertz CT molecular complexity index is 1150. The second-order valence-electron chi connectivity index (χ2n) is 6.47. The van der Waals surface area contributed by atoms with Crippen molar-refractivity contribution >= 4 is 38.3 Å². The van der Waals surface area contributed by atoms with E-state index in [2.05, 4.69) is 15.5 Å². The van der Waals surface area contributed by atoms with Crippen LogP contribution in [0.25, 0.3) is 0 Å². The van der Waals surface area contributed by atoms with E-state index in [4.69, 9.17) is 0 Å². The van der Waals surface area contributed by atoms with Crippen LogP contribution in [0.3, 0.4) is 0 Å². The molecule has 1 aliphatic rings. The normalized spacial score (nSPS) is 16.8. The first-order valence-electron chi connectivity index (χ1n) is 8.73. The van der Waals surface area contributed by atoms with Gasteiger partial charge in [-0.15, -0.1) is 10.2 Å². The highest BCUT2D eigenvalue weighted by Crippen LogP contribution is 2.32. The Kier molecular flexibility index (Phi) is 5.12. The summed E-state index contributed by atoms with van der Waals surface area (Å²) in [6, 6.07) is 14.9. The molecule has 8 nitrogen and oxygen atoms in total. The number of carbonyl (C=O) groups is 2. The van der Waals surface area contributed by atoms with Gasteiger partial charge in [-0.3, -0.25) is 14.9 Å². The molecule has 1 aliphatic heterocycles. The Balaban J connectivity index is 1.57. The fraction of sp³-hybridized carbons (Fsp3) is 0.158. The Morgan fingerprint density at radius 2 is 1.93 bits per heavy atom. The molecule has 3 aromatic rings. The minimum atomic E-state index is -4.07. The van der Waals surface area contributed by atoms with Gasteiger partial charge in [0.25, 0.3) is 15.9 Å². The van der Waals surface area contributed by atoms with E-state index < -0.39 is 21.8 Å². The van der Waals surface area contributed by atoms with Crippen LogP contribution in [0, 0.1) is 0 Å². The lowest BCUT2D eigenvalue weighted by Crippen LogP contribution is -2.32. The molecule has 0 radical (unpaired) electrons. The van der Waals surface area contributed by atoms with Gasteiger partial charge in [-0.2, -0.15) is 0 Å². The summed E-state index contributed by atoms with van der Waals surface area (Å²) >= 11 is 1.15. The minimum absolute atomic E-state index is 0.0758. The molecular weight excluding hydrogens is 412 g/mol. The highest BCUT2D eigenvalue weighted by Gasteiger charge is 2.39. The van der Waals surface area contributed by atoms with Crippen molar-refractivity contribution < 1.29 is 18.0 Å². The van der Waals surface area contributed by atoms with E-state index >= 15 is 0 Å². The van der Waals surface area contributed by atoms with Gasteiger partial charge in [0.2, 0.25) is 11.0 Å². The van der Waals surface area contributed by atoms with Gasteiger partial charge in [-0.05, 0) is 23.8 Å². The van der Waals surface area contributed by atoms with E-state index in [-0.39, 0.29) is 29.3 Å². The summed E-state index contributed by atoms with van der Waals surface area (Å²) in [5.74, 6) is -1.15. The zero-order chi connectivity index (χ0) is 20.4. The number of aromatic nitrogens is 2. The monoisotopic (exact) mass is 428 g/mol. The summed E-state index contributed by atoms with van der Waals surface area (Å²) in [6.07, 6.45) is 0.125. The van der Waals surface area contributed by atoms with Gasteiger partial charge >= 0.3 is 0 Å². The van der Waals surface area contributed by atoms with Crippen LogP contribution >= 0.6 is 11.3 Å². The molecule has 1 saturated heterocycles. The molecule has 0 spiro atoms. The molecule has 1 N–H and O–H groups in total. The molecule has 2 amide bonds. The van der Waals surface area contributed by atoms with Crippen LogP contribution in [0.5, 0.6) is 0 Å². The lowest BCUT2D eigenvalue weighted by atomic mass is 9.99. The molecule has 4 rings (SSSR count). The van der Waals surface area contributed by atoms with Gasteiger partial charge in [0.1, 0.15) is 5.51 Å². The number of anilines is 1. The molecule has 1 atom stereocenters. The zero-order valence-electron chi connectivity index (χ0n) is 15.1. The van der Waals surface area contributed by atoms with Gasteiger partial charge < -0.3 is 0 Å². The zero-order valence-corrected chi connectivity index (χ0v) is 16.7. The quantitative estimate of drug-likeness (QED) is 0.669. The molecule has 0 aliphatic carbocycles. The van der Waals surface area contributed by atoms with E-state index in [1.54, 1.807) is 0 Å². The fourth-order valence-electron chi connectivity index (χ4n) is 3.18. The van der Waals surface area contributed by atoms with Crippen molar-refractivity contribution in [1.82, 2.24) is 14.5 Å². The lowest BCUT2D eigenvalue weighted by molar-refractivity contribution is -0.123. The molecule has 1 fully saturated rings. The third-order valence-corrected chi connectivity index (χ3v) is 7.01. The average molecular weight is 428 g/mol. The van der Waals surface area contributed by atoms with E-state index in [9.17, 15) is 18.0 Å². The Morgan fingerprint density at radius 3 is 2.66 bits per heavy atom. The maximum absolute atomic E-state index is 13.1. The SMILES string of the molecule is O=C(Nc1nncs1)c1cccc(S(=O)(=O)N2C[C@@H](c3ccccc3)CC2=O)c1. The summed E-state index contributed by atoms with van der Waals surface area (Å²) in [4.78, 5) is 24.7. The maximum atomic E-state index is 13.1. The number of hydrogen-bond donors (Lipinski definition) is 1. The number of benzene rings is 2. The number of rotatable bonds is 5. The predicted molar refractivity (Wildman–Crippen MR) is 107 cm³/mol. The standard InChI is InChI=1S/C19H16N4O4S2/c24-17-10-15(13-5-2-1-3-6-13)11-23(17)29(26,27)16-8-4-7-14(9-16)18(25)21-19-22-20-12-28-19/h1-9,12,15H,10-11H2,(H,21,22,25)/t15-/m0/s1. The topological polar surface area (TPSA) is 109 Å². The minimum Gasteiger partial charge on any atom is -0.296 e. The van der Waals surface area contributed by atoms with Crippen molar-refractivity contribution in [2.24, 2.45) is 0 Å². The second-order valence-corrected chi connectivity index (χ2v) is 9.16. The van der Waals surface area contributed by atoms with Crippen molar-refractivity contribution in [2.45, 2.75) is 17.2 Å². The summed E-state index contributed by atoms with van der Waals surface area (Å²) in [7, 11) is -4.07. The Morgan fingerprint density at radius 1 is 1.14 bits per heavy atom. The van der Waals surface area contributed by atoms with Crippen LogP contribution in [0.1, 0.15) is 28.3 Å². The molecule has 0 bridgehead atoms. The Hall–Kier alpha value is -3.11. The molecule has 1 aromatic heterocycles. The van der Waals surface area contributed by atoms with Crippen LogP contribution in [-0.2, 0) is 14.8 Å². The van der Waals surface area contributed by atoms with Crippen LogP contribution in [0.4, 0.5) is 5.13 Å². The first kappa shape index (κ1) is 19.2. The number of amides is 2. The van der Waals surface area contributed by atoms with E-state index in [0.717, 1.165) is 21.2 Å². The third kappa shape index (κ3) is 3.89. The first-order valence-corrected chi connectivity index (χ1v) is 11.1. The Labute approximate surface area is 171 Å². The van der Waals surface area contributed by atoms with Gasteiger partial charge in [-0.1, -0.05) is 47.7 Å². The summed E-state index contributed by atoms with van der Waals surface area (Å²) in [6.45, 7) is 0.0758. The summed E-state index contributed by atoms with van der Waals surface area (Å²) < 4.78 is 27.0. The number of carbonyl (C=O) groups excluding carboxylic acids is 2. The molecular formula is C19H16N4O4S2. The third-order valence-electron chi connectivity index (χ3n) is 4.62. The van der Waals surface area contributed by atoms with Gasteiger partial charge in [0, 0.05) is 24.4 Å². The van der Waals surface area contributed by atoms with Crippen LogP contribution < -0.4 is 5.32 Å². The largest absolute Gasteiger partial charge is 0.296 e. The van der Waals surface area contributed by atoms with Crippen molar-refractivity contribution in [3.05, 3.63) is 71.2 Å². The van der Waals surface area contributed by atoms with E-state index in [1.165, 1.54) is 29.8 Å². The highest BCUT2D eigenvalue weighted by molar-refractivity contribution is 7.89. The van der Waals surface area contributed by atoms with Crippen molar-refractivity contribution in [3.63, 3.8) is 0 Å². The van der Waals surface area contributed by atoms with Gasteiger partial charge in [0.15, 0.2) is 0 Å². The summed E-state index contributed by atoms with van der Waals surface area (Å²) in [5, 5.41) is 10.2. The predicted octanol–water partition coefficient (Wildman–Crippen LogP) is 2.50. The summed E-state index contributed by atoms with van der Waals surface area (Å²) in [5.41, 5.74) is 2.54. The number of hydrogen-bond acceptors (Lipinski definition) is 7.